The van der Waals surface area contributed by atoms with Gasteiger partial charge in [0.25, 0.3) is 0 Å². The van der Waals surface area contributed by atoms with Gasteiger partial charge >= 0.3 is 16.2 Å². The molecule has 0 saturated heterocycles. The van der Waals surface area contributed by atoms with Crippen LogP contribution in [0.1, 0.15) is 5.56 Å². The Morgan fingerprint density at radius 3 is 2.42 bits per heavy atom. The number of nitrogens with one attached hydrogen (secondary N) is 1. The summed E-state index contributed by atoms with van der Waals surface area (Å²) in [6.45, 7) is 0. The van der Waals surface area contributed by atoms with E-state index in [1.807, 2.05) is 0 Å². The molecule has 8 nitrogen and oxygen atoms in total. The maximum Gasteiger partial charge on any atom is 0.427 e. The molecule has 1 N–H and O–H groups in total. The Bertz CT molecular complexity index is 913. The van der Waals surface area contributed by atoms with Crippen LogP contribution in [0.3, 0.4) is 0 Å². The summed E-state index contributed by atoms with van der Waals surface area (Å²) >= 11 is 5.76. The summed E-state index contributed by atoms with van der Waals surface area (Å²) in [6.07, 6.45) is 0.610. The van der Waals surface area contributed by atoms with Gasteiger partial charge in [-0.2, -0.15) is 13.5 Å². The Kier molecular flexibility index (Phi) is 6.42. The van der Waals surface area contributed by atoms with Crippen molar-refractivity contribution in [3.63, 3.8) is 0 Å². The molecule has 0 radical (unpaired) electrons. The zero-order valence-corrected chi connectivity index (χ0v) is 15.4. The first-order chi connectivity index (χ1) is 12.4. The number of rotatable bonds is 6. The number of benzene rings is 2. The van der Waals surface area contributed by atoms with E-state index in [-0.39, 0.29) is 16.4 Å². The van der Waals surface area contributed by atoms with E-state index in [1.165, 1.54) is 62.9 Å². The zero-order chi connectivity index (χ0) is 19.2. The molecule has 2 aromatic carbocycles. The number of hydrazone groups is 1. The van der Waals surface area contributed by atoms with Gasteiger partial charge in [0.15, 0.2) is 11.5 Å². The van der Waals surface area contributed by atoms with Crippen LogP contribution in [-0.2, 0) is 14.9 Å². The number of hydrogen-bond acceptors (Lipinski definition) is 7. The van der Waals surface area contributed by atoms with Gasteiger partial charge in [0.1, 0.15) is 4.90 Å². The van der Waals surface area contributed by atoms with E-state index >= 15 is 0 Å². The summed E-state index contributed by atoms with van der Waals surface area (Å²) in [5.74, 6) is 0.171. The van der Waals surface area contributed by atoms with Crippen LogP contribution in [0.2, 0.25) is 5.02 Å². The molecule has 2 aromatic rings. The molecule has 0 unspecified atom stereocenters. The number of carbonyl (C=O) groups is 1. The standard InChI is InChI=1S/C16H15ClN2O6S/c1-23-15-9-11(10-18-19-16(20)24-2)3-8-14(15)25-26(21,22)13-6-4-12(17)5-7-13/h3-10H,1-2H3,(H,19,20)/b18-10-. The smallest absolute Gasteiger partial charge is 0.427 e. The van der Waals surface area contributed by atoms with Crippen molar-refractivity contribution in [2.75, 3.05) is 14.2 Å². The van der Waals surface area contributed by atoms with Crippen molar-refractivity contribution in [1.29, 1.82) is 0 Å². The minimum Gasteiger partial charge on any atom is -0.493 e. The van der Waals surface area contributed by atoms with E-state index < -0.39 is 16.2 Å². The lowest BCUT2D eigenvalue weighted by atomic mass is 10.2. The molecule has 2 rings (SSSR count). The highest BCUT2D eigenvalue weighted by atomic mass is 35.5. The molecule has 0 fully saturated rings. The summed E-state index contributed by atoms with van der Waals surface area (Å²) in [5.41, 5.74) is 2.66. The van der Waals surface area contributed by atoms with Gasteiger partial charge < -0.3 is 13.7 Å². The molecule has 10 heteroatoms. The van der Waals surface area contributed by atoms with E-state index in [9.17, 15) is 13.2 Å². The highest BCUT2D eigenvalue weighted by molar-refractivity contribution is 7.87. The number of nitrogens with zero attached hydrogens (tertiary/aromatic N) is 1. The topological polar surface area (TPSA) is 103 Å². The second-order valence-electron chi connectivity index (χ2n) is 4.76. The van der Waals surface area contributed by atoms with Gasteiger partial charge in [-0.3, -0.25) is 0 Å². The fourth-order valence-corrected chi connectivity index (χ4v) is 2.87. The Morgan fingerprint density at radius 2 is 1.81 bits per heavy atom. The van der Waals surface area contributed by atoms with Crippen LogP contribution in [0, 0.1) is 0 Å². The minimum absolute atomic E-state index is 0.000488. The predicted molar refractivity (Wildman–Crippen MR) is 95.4 cm³/mol. The maximum atomic E-state index is 12.3. The molecule has 138 valence electrons. The summed E-state index contributed by atoms with van der Waals surface area (Å²) in [4.78, 5) is 10.9. The third-order valence-electron chi connectivity index (χ3n) is 3.04. The number of methoxy groups -OCH3 is 2. The lowest BCUT2D eigenvalue weighted by Crippen LogP contribution is -2.16. The second-order valence-corrected chi connectivity index (χ2v) is 6.75. The van der Waals surface area contributed by atoms with E-state index in [1.54, 1.807) is 0 Å². The van der Waals surface area contributed by atoms with Gasteiger partial charge in [-0.25, -0.2) is 10.2 Å². The third-order valence-corrected chi connectivity index (χ3v) is 4.54. The monoisotopic (exact) mass is 398 g/mol. The van der Waals surface area contributed by atoms with E-state index in [0.717, 1.165) is 0 Å². The molecule has 0 atom stereocenters. The molecule has 26 heavy (non-hydrogen) atoms. The summed E-state index contributed by atoms with van der Waals surface area (Å²) < 4.78 is 39.3. The molecule has 1 amide bonds. The summed E-state index contributed by atoms with van der Waals surface area (Å²) in [5, 5.41) is 4.08. The van der Waals surface area contributed by atoms with Crippen LogP contribution in [-0.4, -0.2) is 34.9 Å². The SMILES string of the molecule is COC(=O)N/N=C\c1ccc(OS(=O)(=O)c2ccc(Cl)cc2)c(OC)c1. The van der Waals surface area contributed by atoms with Crippen molar-refractivity contribution in [3.8, 4) is 11.5 Å². The Balaban J connectivity index is 2.21. The Hall–Kier alpha value is -2.78. The van der Waals surface area contributed by atoms with Crippen LogP contribution >= 0.6 is 11.6 Å². The fraction of sp³-hybridized carbons (Fsp3) is 0.125. The summed E-state index contributed by atoms with van der Waals surface area (Å²) in [7, 11) is -1.48. The van der Waals surface area contributed by atoms with Gasteiger partial charge in [0.05, 0.1) is 20.4 Å². The first-order valence-electron chi connectivity index (χ1n) is 7.11. The zero-order valence-electron chi connectivity index (χ0n) is 13.8. The maximum absolute atomic E-state index is 12.3. The first-order valence-corrected chi connectivity index (χ1v) is 8.89. The molecule has 0 aliphatic rings. The molecule has 0 aliphatic heterocycles. The van der Waals surface area contributed by atoms with Crippen molar-refractivity contribution in [2.24, 2.45) is 5.10 Å². The molecule has 0 heterocycles. The minimum atomic E-state index is -4.05. The molecular formula is C16H15ClN2O6S. The lowest BCUT2D eigenvalue weighted by molar-refractivity contribution is 0.171. The molecule has 0 bridgehead atoms. The van der Waals surface area contributed by atoms with Gasteiger partial charge in [-0.05, 0) is 48.0 Å². The van der Waals surface area contributed by atoms with E-state index in [4.69, 9.17) is 20.5 Å². The average molecular weight is 399 g/mol. The molecule has 0 saturated carbocycles. The van der Waals surface area contributed by atoms with Crippen molar-refractivity contribution < 1.29 is 26.9 Å². The average Bonchev–Trinajstić information content (AvgIpc) is 2.62. The number of amides is 1. The van der Waals surface area contributed by atoms with Gasteiger partial charge in [0.2, 0.25) is 0 Å². The van der Waals surface area contributed by atoms with Gasteiger partial charge in [-0.15, -0.1) is 0 Å². The van der Waals surface area contributed by atoms with E-state index in [0.29, 0.717) is 10.6 Å². The third kappa shape index (κ3) is 5.11. The predicted octanol–water partition coefficient (Wildman–Crippen LogP) is 2.81. The fourth-order valence-electron chi connectivity index (χ4n) is 1.81. The number of ether oxygens (including phenoxy) is 2. The van der Waals surface area contributed by atoms with Gasteiger partial charge in [-0.1, -0.05) is 11.6 Å². The molecule has 0 aliphatic carbocycles. The Labute approximate surface area is 155 Å². The molecule has 0 spiro atoms. The Morgan fingerprint density at radius 1 is 1.12 bits per heavy atom. The van der Waals surface area contributed by atoms with Crippen molar-refractivity contribution in [1.82, 2.24) is 5.43 Å². The number of hydrogen-bond donors (Lipinski definition) is 1. The van der Waals surface area contributed by atoms with Crippen LogP contribution in [0.4, 0.5) is 4.79 Å². The second kappa shape index (κ2) is 8.54. The van der Waals surface area contributed by atoms with Crippen LogP contribution in [0.25, 0.3) is 0 Å². The largest absolute Gasteiger partial charge is 0.493 e. The van der Waals surface area contributed by atoms with Crippen molar-refractivity contribution in [3.05, 3.63) is 53.1 Å². The van der Waals surface area contributed by atoms with Crippen LogP contribution in [0.5, 0.6) is 11.5 Å². The summed E-state index contributed by atoms with van der Waals surface area (Å²) in [6, 6.07) is 10.0. The lowest BCUT2D eigenvalue weighted by Gasteiger charge is -2.11. The highest BCUT2D eigenvalue weighted by Crippen LogP contribution is 2.30. The van der Waals surface area contributed by atoms with Gasteiger partial charge in [0, 0.05) is 5.02 Å². The van der Waals surface area contributed by atoms with Crippen molar-refractivity contribution >= 4 is 34.0 Å². The highest BCUT2D eigenvalue weighted by Gasteiger charge is 2.19. The van der Waals surface area contributed by atoms with Crippen molar-refractivity contribution in [2.45, 2.75) is 4.90 Å². The van der Waals surface area contributed by atoms with E-state index in [2.05, 4.69) is 15.3 Å². The van der Waals surface area contributed by atoms with Crippen LogP contribution < -0.4 is 14.3 Å². The first kappa shape index (κ1) is 19.5. The normalized spacial score (nSPS) is 11.2. The molecule has 0 aromatic heterocycles. The number of carbonyl (C=O) groups excluding carboxylic acids is 1. The van der Waals surface area contributed by atoms with Crippen LogP contribution in [0.15, 0.2) is 52.5 Å². The molecular weight excluding hydrogens is 384 g/mol. The number of halogens is 1. The quantitative estimate of drug-likeness (QED) is 0.456.